The summed E-state index contributed by atoms with van der Waals surface area (Å²) in [4.78, 5) is 22.7. The summed E-state index contributed by atoms with van der Waals surface area (Å²) >= 11 is 0. The summed E-state index contributed by atoms with van der Waals surface area (Å²) in [5, 5.41) is 11.5. The number of aliphatic carboxylic acids is 1. The molecule has 1 amide bonds. The predicted molar refractivity (Wildman–Crippen MR) is 72.3 cm³/mol. The highest BCUT2D eigenvalue weighted by molar-refractivity contribution is 5.96. The van der Waals surface area contributed by atoms with Gasteiger partial charge in [-0.15, -0.1) is 0 Å². The summed E-state index contributed by atoms with van der Waals surface area (Å²) in [5.41, 5.74) is 0.716. The van der Waals surface area contributed by atoms with E-state index < -0.39 is 17.9 Å². The molecule has 0 aromatic heterocycles. The Labute approximate surface area is 112 Å². The molecule has 0 aliphatic rings. The van der Waals surface area contributed by atoms with Crippen LogP contribution in [-0.2, 0) is 9.59 Å². The van der Waals surface area contributed by atoms with Crippen LogP contribution in [0.5, 0.6) is 0 Å². The van der Waals surface area contributed by atoms with Crippen molar-refractivity contribution in [1.82, 2.24) is 5.32 Å². The third-order valence-corrected chi connectivity index (χ3v) is 2.86. The number of carboxylic acid groups (broad SMARTS) is 1. The Hall–Kier alpha value is -2.28. The van der Waals surface area contributed by atoms with Gasteiger partial charge in [-0.05, 0) is 18.1 Å². The van der Waals surface area contributed by atoms with Crippen LogP contribution < -0.4 is 5.32 Å². The van der Waals surface area contributed by atoms with Crippen LogP contribution in [0.2, 0.25) is 0 Å². The number of carbonyl (C=O) groups is 2. The predicted octanol–water partition coefficient (Wildman–Crippen LogP) is 1.65. The van der Waals surface area contributed by atoms with Gasteiger partial charge in [-0.1, -0.05) is 44.4 Å². The Morgan fingerprint density at radius 3 is 2.47 bits per heavy atom. The summed E-state index contributed by atoms with van der Waals surface area (Å²) in [6, 6.07) is 8.16. The van der Waals surface area contributed by atoms with Gasteiger partial charge in [0.1, 0.15) is 6.04 Å². The maximum absolute atomic E-state index is 11.6. The average molecular weight is 259 g/mol. The fourth-order valence-electron chi connectivity index (χ4n) is 1.51. The van der Waals surface area contributed by atoms with Crippen LogP contribution in [0.25, 0.3) is 0 Å². The number of hydrogen-bond acceptors (Lipinski definition) is 2. The Balaban J connectivity index is 2.69. The largest absolute Gasteiger partial charge is 0.480 e. The molecule has 1 aromatic carbocycles. The minimum absolute atomic E-state index is 0.139. The first-order valence-corrected chi connectivity index (χ1v) is 6.15. The highest BCUT2D eigenvalue weighted by Crippen LogP contribution is 2.07. The van der Waals surface area contributed by atoms with E-state index in [4.69, 9.17) is 5.11 Å². The molecule has 2 unspecified atom stereocenters. The van der Waals surface area contributed by atoms with Crippen molar-refractivity contribution in [2.45, 2.75) is 26.3 Å². The smallest absolute Gasteiger partial charge is 0.326 e. The van der Waals surface area contributed by atoms with Gasteiger partial charge in [0, 0.05) is 11.5 Å². The zero-order chi connectivity index (χ0) is 14.3. The number of hydrogen-bond donors (Lipinski definition) is 2. The molecule has 2 N–H and O–H groups in total. The summed E-state index contributed by atoms with van der Waals surface area (Å²) < 4.78 is 0. The van der Waals surface area contributed by atoms with Gasteiger partial charge in [-0.25, -0.2) is 4.79 Å². The van der Waals surface area contributed by atoms with Crippen molar-refractivity contribution in [3.05, 3.63) is 35.9 Å². The molecule has 0 spiro atoms. The molecule has 0 bridgehead atoms. The third-order valence-electron chi connectivity index (χ3n) is 2.86. The lowest BCUT2D eigenvalue weighted by Crippen LogP contribution is -2.44. The van der Waals surface area contributed by atoms with E-state index >= 15 is 0 Å². The van der Waals surface area contributed by atoms with Crippen LogP contribution >= 0.6 is 0 Å². The lowest BCUT2D eigenvalue weighted by molar-refractivity contribution is -0.142. The Morgan fingerprint density at radius 1 is 1.32 bits per heavy atom. The third kappa shape index (κ3) is 4.84. The maximum Gasteiger partial charge on any atom is 0.326 e. The van der Waals surface area contributed by atoms with Crippen molar-refractivity contribution in [2.24, 2.45) is 5.92 Å². The molecule has 0 aliphatic carbocycles. The van der Waals surface area contributed by atoms with Gasteiger partial charge in [0.2, 0.25) is 0 Å². The molecule has 0 radical (unpaired) electrons. The van der Waals surface area contributed by atoms with Gasteiger partial charge in [-0.3, -0.25) is 4.79 Å². The van der Waals surface area contributed by atoms with Crippen molar-refractivity contribution in [1.29, 1.82) is 0 Å². The van der Waals surface area contributed by atoms with Gasteiger partial charge in [0.15, 0.2) is 0 Å². The van der Waals surface area contributed by atoms with E-state index in [0.29, 0.717) is 12.0 Å². The summed E-state index contributed by atoms with van der Waals surface area (Å²) in [7, 11) is 0. The average Bonchev–Trinajstić information content (AvgIpc) is 2.42. The monoisotopic (exact) mass is 259 g/mol. The van der Waals surface area contributed by atoms with Crippen LogP contribution in [0.4, 0.5) is 0 Å². The molecule has 1 rings (SSSR count). The van der Waals surface area contributed by atoms with Crippen molar-refractivity contribution in [3.63, 3.8) is 0 Å². The molecular formula is C15H17NO3. The van der Waals surface area contributed by atoms with E-state index in [1.54, 1.807) is 19.1 Å². The summed E-state index contributed by atoms with van der Waals surface area (Å²) in [6.45, 7) is 3.66. The van der Waals surface area contributed by atoms with Crippen LogP contribution in [0.15, 0.2) is 30.3 Å². The molecule has 4 nitrogen and oxygen atoms in total. The summed E-state index contributed by atoms with van der Waals surface area (Å²) in [5.74, 6) is 3.34. The molecule has 0 heterocycles. The van der Waals surface area contributed by atoms with Crippen molar-refractivity contribution in [2.75, 3.05) is 0 Å². The lowest BCUT2D eigenvalue weighted by Gasteiger charge is -2.18. The van der Waals surface area contributed by atoms with E-state index in [1.807, 2.05) is 25.1 Å². The van der Waals surface area contributed by atoms with Gasteiger partial charge in [-0.2, -0.15) is 0 Å². The van der Waals surface area contributed by atoms with Crippen LogP contribution in [0, 0.1) is 17.8 Å². The van der Waals surface area contributed by atoms with Gasteiger partial charge < -0.3 is 10.4 Å². The zero-order valence-corrected chi connectivity index (χ0v) is 11.0. The molecule has 0 aliphatic heterocycles. The number of amides is 1. The van der Waals surface area contributed by atoms with E-state index in [-0.39, 0.29) is 5.92 Å². The summed E-state index contributed by atoms with van der Waals surface area (Å²) in [6.07, 6.45) is 0.670. The molecular weight excluding hydrogens is 242 g/mol. The quantitative estimate of drug-likeness (QED) is 0.808. The second kappa shape index (κ2) is 7.22. The zero-order valence-electron chi connectivity index (χ0n) is 11.0. The van der Waals surface area contributed by atoms with E-state index in [1.165, 1.54) is 0 Å². The van der Waals surface area contributed by atoms with E-state index in [2.05, 4.69) is 17.2 Å². The number of rotatable bonds is 4. The second-order valence-electron chi connectivity index (χ2n) is 4.29. The van der Waals surface area contributed by atoms with Crippen molar-refractivity contribution in [3.8, 4) is 11.8 Å². The minimum atomic E-state index is -1.04. The molecule has 100 valence electrons. The van der Waals surface area contributed by atoms with Crippen molar-refractivity contribution >= 4 is 11.9 Å². The van der Waals surface area contributed by atoms with Crippen LogP contribution in [0.1, 0.15) is 25.8 Å². The van der Waals surface area contributed by atoms with E-state index in [0.717, 1.165) is 0 Å². The first-order chi connectivity index (χ1) is 9.04. The molecule has 2 atom stereocenters. The molecule has 4 heteroatoms. The van der Waals surface area contributed by atoms with Gasteiger partial charge >= 0.3 is 5.97 Å². The fraction of sp³-hybridized carbons (Fsp3) is 0.333. The van der Waals surface area contributed by atoms with Crippen LogP contribution in [-0.4, -0.2) is 23.0 Å². The van der Waals surface area contributed by atoms with Gasteiger partial charge in [0.25, 0.3) is 5.91 Å². The molecule has 1 aromatic rings. The molecule has 0 fully saturated rings. The fourth-order valence-corrected chi connectivity index (χ4v) is 1.51. The first kappa shape index (κ1) is 14.8. The van der Waals surface area contributed by atoms with Gasteiger partial charge in [0.05, 0.1) is 0 Å². The number of carboxylic acids is 1. The van der Waals surface area contributed by atoms with Crippen molar-refractivity contribution < 1.29 is 14.7 Å². The second-order valence-corrected chi connectivity index (χ2v) is 4.29. The number of benzene rings is 1. The number of nitrogens with one attached hydrogen (secondary N) is 1. The first-order valence-electron chi connectivity index (χ1n) is 6.15. The minimum Gasteiger partial charge on any atom is -0.480 e. The highest BCUT2D eigenvalue weighted by Gasteiger charge is 2.24. The Kier molecular flexibility index (Phi) is 5.62. The maximum atomic E-state index is 11.6. The van der Waals surface area contributed by atoms with E-state index in [9.17, 15) is 9.59 Å². The molecule has 0 saturated heterocycles. The Bertz CT molecular complexity index is 499. The molecule has 0 saturated carbocycles. The molecule has 19 heavy (non-hydrogen) atoms. The normalized spacial score (nSPS) is 12.7. The highest BCUT2D eigenvalue weighted by atomic mass is 16.4. The standard InChI is InChI=1S/C15H17NO3/c1-3-11(2)14(15(18)19)16-13(17)10-9-12-7-5-4-6-8-12/h4-8,11,14H,3H2,1-2H3,(H,16,17)(H,18,19). The van der Waals surface area contributed by atoms with Crippen LogP contribution in [0.3, 0.4) is 0 Å². The Morgan fingerprint density at radius 2 is 1.95 bits per heavy atom. The lowest BCUT2D eigenvalue weighted by atomic mass is 9.99. The topological polar surface area (TPSA) is 66.4 Å². The SMILES string of the molecule is CCC(C)C(NC(=O)C#Cc1ccccc1)C(=O)O. The number of carbonyl (C=O) groups excluding carboxylic acids is 1.